The van der Waals surface area contributed by atoms with Crippen LogP contribution >= 0.6 is 0 Å². The summed E-state index contributed by atoms with van der Waals surface area (Å²) in [4.78, 5) is 21.9. The van der Waals surface area contributed by atoms with Crippen molar-refractivity contribution < 1.29 is 27.6 Å². The van der Waals surface area contributed by atoms with Crippen LogP contribution in [0, 0.1) is 10.1 Å². The minimum atomic E-state index is -4.50. The number of nitro benzene ring substituents is 1. The molecule has 0 heterocycles. The standard InChI is InChI=1S/C15H10F3NO4/c1-23-14(20)10-4-7-13(19(21)22)12(8-10)9-2-5-11(6-3-9)15(16,17)18/h2-8H,1H3. The van der Waals surface area contributed by atoms with E-state index in [9.17, 15) is 28.1 Å². The minimum absolute atomic E-state index is 0.0339. The number of halogens is 3. The molecule has 0 spiro atoms. The van der Waals surface area contributed by atoms with Crippen molar-refractivity contribution in [3.8, 4) is 11.1 Å². The van der Waals surface area contributed by atoms with Gasteiger partial charge in [0.05, 0.1) is 28.7 Å². The highest BCUT2D eigenvalue weighted by molar-refractivity contribution is 5.92. The van der Waals surface area contributed by atoms with Crippen LogP contribution in [0.4, 0.5) is 18.9 Å². The predicted molar refractivity (Wildman–Crippen MR) is 74.9 cm³/mol. The average Bonchev–Trinajstić information content (AvgIpc) is 2.52. The molecule has 0 aromatic heterocycles. The summed E-state index contributed by atoms with van der Waals surface area (Å²) < 4.78 is 42.3. The molecule has 2 aromatic rings. The molecule has 0 N–H and O–H groups in total. The lowest BCUT2D eigenvalue weighted by Gasteiger charge is -2.09. The summed E-state index contributed by atoms with van der Waals surface area (Å²) in [5.74, 6) is -0.701. The molecule has 0 fully saturated rings. The summed E-state index contributed by atoms with van der Waals surface area (Å²) in [6.07, 6.45) is -4.50. The lowest BCUT2D eigenvalue weighted by Crippen LogP contribution is -2.05. The first kappa shape index (κ1) is 16.5. The molecule has 0 saturated carbocycles. The first-order chi connectivity index (χ1) is 10.7. The number of nitrogens with zero attached hydrogens (tertiary/aromatic N) is 1. The highest BCUT2D eigenvalue weighted by Crippen LogP contribution is 2.34. The van der Waals surface area contributed by atoms with E-state index in [0.717, 1.165) is 37.4 Å². The molecule has 0 saturated heterocycles. The Morgan fingerprint density at radius 1 is 1.13 bits per heavy atom. The van der Waals surface area contributed by atoms with Gasteiger partial charge in [0, 0.05) is 6.07 Å². The van der Waals surface area contributed by atoms with Crippen LogP contribution in [0.5, 0.6) is 0 Å². The Balaban J connectivity index is 2.55. The van der Waals surface area contributed by atoms with E-state index in [1.165, 1.54) is 12.1 Å². The minimum Gasteiger partial charge on any atom is -0.465 e. The maximum atomic E-state index is 12.6. The lowest BCUT2D eigenvalue weighted by atomic mass is 9.99. The molecule has 0 radical (unpaired) electrons. The quantitative estimate of drug-likeness (QED) is 0.484. The third-order valence-corrected chi connectivity index (χ3v) is 3.14. The number of ether oxygens (including phenoxy) is 1. The van der Waals surface area contributed by atoms with Gasteiger partial charge in [0.15, 0.2) is 0 Å². The van der Waals surface area contributed by atoms with Gasteiger partial charge in [0.25, 0.3) is 5.69 Å². The number of esters is 1. The molecular weight excluding hydrogens is 315 g/mol. The fraction of sp³-hybridized carbons (Fsp3) is 0.133. The number of carbonyl (C=O) groups excluding carboxylic acids is 1. The van der Waals surface area contributed by atoms with E-state index >= 15 is 0 Å². The molecule has 0 bridgehead atoms. The van der Waals surface area contributed by atoms with Crippen molar-refractivity contribution in [3.63, 3.8) is 0 Å². The summed E-state index contributed by atoms with van der Waals surface area (Å²) >= 11 is 0. The number of nitro groups is 1. The molecule has 0 atom stereocenters. The maximum absolute atomic E-state index is 12.6. The highest BCUT2D eigenvalue weighted by Gasteiger charge is 2.30. The van der Waals surface area contributed by atoms with Crippen LogP contribution in [-0.2, 0) is 10.9 Å². The molecule has 120 valence electrons. The van der Waals surface area contributed by atoms with Crippen LogP contribution in [0.15, 0.2) is 42.5 Å². The molecule has 0 aliphatic carbocycles. The van der Waals surface area contributed by atoms with E-state index in [-0.39, 0.29) is 22.4 Å². The van der Waals surface area contributed by atoms with Gasteiger partial charge in [-0.2, -0.15) is 13.2 Å². The second kappa shape index (κ2) is 6.07. The Morgan fingerprint density at radius 3 is 2.22 bits per heavy atom. The van der Waals surface area contributed by atoms with E-state index in [4.69, 9.17) is 0 Å². The van der Waals surface area contributed by atoms with E-state index in [0.29, 0.717) is 0 Å². The molecule has 8 heteroatoms. The van der Waals surface area contributed by atoms with Crippen molar-refractivity contribution in [1.29, 1.82) is 0 Å². The van der Waals surface area contributed by atoms with Crippen molar-refractivity contribution in [1.82, 2.24) is 0 Å². The second-order valence-corrected chi connectivity index (χ2v) is 4.56. The van der Waals surface area contributed by atoms with Gasteiger partial charge >= 0.3 is 12.1 Å². The van der Waals surface area contributed by atoms with Crippen molar-refractivity contribution in [2.45, 2.75) is 6.18 Å². The smallest absolute Gasteiger partial charge is 0.416 e. The van der Waals surface area contributed by atoms with Crippen LogP contribution in [0.25, 0.3) is 11.1 Å². The largest absolute Gasteiger partial charge is 0.465 e. The zero-order valence-electron chi connectivity index (χ0n) is 11.8. The van der Waals surface area contributed by atoms with Crippen molar-refractivity contribution in [2.24, 2.45) is 0 Å². The molecule has 2 rings (SSSR count). The van der Waals surface area contributed by atoms with Gasteiger partial charge in [-0.1, -0.05) is 12.1 Å². The third kappa shape index (κ3) is 3.47. The first-order valence-electron chi connectivity index (χ1n) is 6.28. The number of hydrogen-bond donors (Lipinski definition) is 0. The van der Waals surface area contributed by atoms with Gasteiger partial charge < -0.3 is 4.74 Å². The van der Waals surface area contributed by atoms with Crippen LogP contribution in [0.3, 0.4) is 0 Å². The zero-order valence-corrected chi connectivity index (χ0v) is 11.8. The summed E-state index contributed by atoms with van der Waals surface area (Å²) in [5, 5.41) is 11.1. The van der Waals surface area contributed by atoms with Crippen molar-refractivity contribution in [3.05, 3.63) is 63.7 Å². The Bertz CT molecular complexity index is 754. The first-order valence-corrected chi connectivity index (χ1v) is 6.28. The average molecular weight is 325 g/mol. The fourth-order valence-electron chi connectivity index (χ4n) is 2.01. The maximum Gasteiger partial charge on any atom is 0.416 e. The van der Waals surface area contributed by atoms with Crippen LogP contribution in [0.1, 0.15) is 15.9 Å². The van der Waals surface area contributed by atoms with Gasteiger partial charge in [-0.05, 0) is 29.8 Å². The molecular formula is C15H10F3NO4. The number of benzene rings is 2. The van der Waals surface area contributed by atoms with E-state index < -0.39 is 22.6 Å². The molecule has 2 aromatic carbocycles. The number of alkyl halides is 3. The van der Waals surface area contributed by atoms with Crippen LogP contribution in [-0.4, -0.2) is 18.0 Å². The highest BCUT2D eigenvalue weighted by atomic mass is 19.4. The molecule has 0 aliphatic rings. The number of carbonyl (C=O) groups is 1. The normalized spacial score (nSPS) is 11.1. The van der Waals surface area contributed by atoms with E-state index in [2.05, 4.69) is 4.74 Å². The molecule has 0 unspecified atom stereocenters. The van der Waals surface area contributed by atoms with Gasteiger partial charge in [-0.15, -0.1) is 0 Å². The second-order valence-electron chi connectivity index (χ2n) is 4.56. The SMILES string of the molecule is COC(=O)c1ccc([N+](=O)[O-])c(-c2ccc(C(F)(F)F)cc2)c1. The molecule has 23 heavy (non-hydrogen) atoms. The summed E-state index contributed by atoms with van der Waals surface area (Å²) in [5.41, 5.74) is -0.902. The van der Waals surface area contributed by atoms with Crippen molar-refractivity contribution in [2.75, 3.05) is 7.11 Å². The Kier molecular flexibility index (Phi) is 4.35. The predicted octanol–water partition coefficient (Wildman–Crippen LogP) is 4.07. The summed E-state index contributed by atoms with van der Waals surface area (Å²) in [7, 11) is 1.15. The number of rotatable bonds is 3. The summed E-state index contributed by atoms with van der Waals surface area (Å²) in [6, 6.07) is 7.43. The van der Waals surface area contributed by atoms with Gasteiger partial charge in [-0.25, -0.2) is 4.79 Å². The fourth-order valence-corrected chi connectivity index (χ4v) is 2.01. The topological polar surface area (TPSA) is 69.4 Å². The van der Waals surface area contributed by atoms with Gasteiger partial charge in [-0.3, -0.25) is 10.1 Å². The van der Waals surface area contributed by atoms with Crippen LogP contribution in [0.2, 0.25) is 0 Å². The number of hydrogen-bond acceptors (Lipinski definition) is 4. The summed E-state index contributed by atoms with van der Waals surface area (Å²) in [6.45, 7) is 0. The monoisotopic (exact) mass is 325 g/mol. The Labute approximate surface area is 128 Å². The van der Waals surface area contributed by atoms with Gasteiger partial charge in [0.1, 0.15) is 0 Å². The Morgan fingerprint density at radius 2 is 1.74 bits per heavy atom. The van der Waals surface area contributed by atoms with Gasteiger partial charge in [0.2, 0.25) is 0 Å². The zero-order chi connectivity index (χ0) is 17.2. The molecule has 5 nitrogen and oxygen atoms in total. The van der Waals surface area contributed by atoms with Crippen LogP contribution < -0.4 is 0 Å². The molecule has 0 aliphatic heterocycles. The lowest BCUT2D eigenvalue weighted by molar-refractivity contribution is -0.384. The third-order valence-electron chi connectivity index (χ3n) is 3.14. The van der Waals surface area contributed by atoms with Crippen molar-refractivity contribution >= 4 is 11.7 Å². The Hall–Kier alpha value is -2.90. The number of methoxy groups -OCH3 is 1. The van der Waals surface area contributed by atoms with E-state index in [1.54, 1.807) is 0 Å². The molecule has 0 amide bonds. The van der Waals surface area contributed by atoms with E-state index in [1.807, 2.05) is 0 Å².